The maximum Gasteiger partial charge on any atom is 0.0714 e. The number of benzene rings is 11. The fraction of sp³-hybridized carbons (Fsp3) is 0.0294. The van der Waals surface area contributed by atoms with Crippen LogP contribution in [-0.4, -0.2) is 9.13 Å². The van der Waals surface area contributed by atoms with E-state index in [4.69, 9.17) is 0 Å². The normalized spacial score (nSPS) is 14.3. The number of hydrogen-bond acceptors (Lipinski definition) is 0. The van der Waals surface area contributed by atoms with Crippen LogP contribution in [0.1, 0.15) is 47.2 Å². The van der Waals surface area contributed by atoms with Crippen molar-refractivity contribution in [2.75, 3.05) is 0 Å². The summed E-state index contributed by atoms with van der Waals surface area (Å²) in [6.07, 6.45) is 0. The molecule has 2 aromatic heterocycles. The summed E-state index contributed by atoms with van der Waals surface area (Å²) in [5.74, 6) is 0. The van der Waals surface area contributed by atoms with Crippen LogP contribution in [0, 0.1) is 0 Å². The second-order valence-corrected chi connectivity index (χ2v) is 18.9. The van der Waals surface area contributed by atoms with E-state index in [1.165, 1.54) is 66.8 Å². The summed E-state index contributed by atoms with van der Waals surface area (Å²) in [6, 6.07) is 93.0. The van der Waals surface area contributed by atoms with Gasteiger partial charge in [0.25, 0.3) is 0 Å². The van der Waals surface area contributed by atoms with Crippen molar-refractivity contribution in [2.24, 2.45) is 0 Å². The minimum atomic E-state index is -0.575. The Labute approximate surface area is 409 Å². The van der Waals surface area contributed by atoms with Crippen LogP contribution in [-0.2, 0) is 10.8 Å². The van der Waals surface area contributed by atoms with Crippen molar-refractivity contribution in [1.82, 2.24) is 9.13 Å². The quantitative estimate of drug-likeness (QED) is 0.157. The summed E-state index contributed by atoms with van der Waals surface area (Å²) < 4.78 is 24.0. The van der Waals surface area contributed by atoms with E-state index in [1.807, 2.05) is 24.3 Å². The first-order valence-corrected chi connectivity index (χ1v) is 24.3. The van der Waals surface area contributed by atoms with Gasteiger partial charge in [-0.05, 0) is 115 Å². The Morgan fingerprint density at radius 2 is 0.600 bits per heavy atom. The Morgan fingerprint density at radius 3 is 0.986 bits per heavy atom. The van der Waals surface area contributed by atoms with Crippen LogP contribution >= 0.6 is 0 Å². The highest BCUT2D eigenvalue weighted by atomic mass is 15.0. The zero-order valence-corrected chi connectivity index (χ0v) is 38.1. The monoisotopic (exact) mass is 890 g/mol. The SMILES string of the molecule is [2H]c1cccc2c3c4c5cccc([2H])c5n(-c5ccc6c(c5)C(c5ccccc5)(c5ccccc5)c5ccccc5-6)c4ccc3n(-c3ccc4c(c3)C(c3ccccc3)(c3ccccc3)c3ccccc3-4)c12. The molecule has 0 amide bonds. The number of nitrogens with zero attached hydrogens (tertiary/aromatic N) is 2. The van der Waals surface area contributed by atoms with E-state index in [0.29, 0.717) is 12.1 Å². The van der Waals surface area contributed by atoms with Gasteiger partial charge in [0, 0.05) is 32.9 Å². The number of aromatic nitrogens is 2. The van der Waals surface area contributed by atoms with Gasteiger partial charge in [0.1, 0.15) is 0 Å². The van der Waals surface area contributed by atoms with Crippen molar-refractivity contribution >= 4 is 43.6 Å². The van der Waals surface area contributed by atoms with E-state index in [2.05, 4.69) is 240 Å². The Kier molecular flexibility index (Phi) is 7.81. The molecule has 70 heavy (non-hydrogen) atoms. The summed E-state index contributed by atoms with van der Waals surface area (Å²) in [7, 11) is 0. The zero-order valence-electron chi connectivity index (χ0n) is 40.1. The van der Waals surface area contributed by atoms with Gasteiger partial charge >= 0.3 is 0 Å². The predicted molar refractivity (Wildman–Crippen MR) is 290 cm³/mol. The molecule has 2 nitrogen and oxygen atoms in total. The molecule has 2 aliphatic rings. The molecule has 0 saturated carbocycles. The van der Waals surface area contributed by atoms with E-state index in [0.717, 1.165) is 55.0 Å². The van der Waals surface area contributed by atoms with E-state index in [-0.39, 0.29) is 0 Å². The van der Waals surface area contributed by atoms with Gasteiger partial charge in [-0.15, -0.1) is 0 Å². The molecule has 0 radical (unpaired) electrons. The fourth-order valence-corrected chi connectivity index (χ4v) is 13.0. The van der Waals surface area contributed by atoms with E-state index in [9.17, 15) is 2.74 Å². The largest absolute Gasteiger partial charge is 0.309 e. The van der Waals surface area contributed by atoms with Crippen LogP contribution in [0.5, 0.6) is 0 Å². The number of rotatable bonds is 6. The molecule has 15 rings (SSSR count). The van der Waals surface area contributed by atoms with Crippen molar-refractivity contribution < 1.29 is 2.74 Å². The van der Waals surface area contributed by atoms with Crippen molar-refractivity contribution in [1.29, 1.82) is 0 Å². The number of hydrogen-bond donors (Lipinski definition) is 0. The molecule has 0 saturated heterocycles. The highest BCUT2D eigenvalue weighted by molar-refractivity contribution is 6.29. The van der Waals surface area contributed by atoms with Gasteiger partial charge in [-0.2, -0.15) is 0 Å². The minimum absolute atomic E-state index is 0.458. The summed E-state index contributed by atoms with van der Waals surface area (Å²) in [5, 5.41) is 4.16. The third-order valence-electron chi connectivity index (χ3n) is 15.7. The average Bonchev–Trinajstić information content (AvgIpc) is 4.15. The molecule has 0 unspecified atom stereocenters. The first-order chi connectivity index (χ1) is 35.6. The van der Waals surface area contributed by atoms with Crippen LogP contribution in [0.3, 0.4) is 0 Å². The first-order valence-electron chi connectivity index (χ1n) is 25.3. The molecule has 0 bridgehead atoms. The Hall–Kier alpha value is -8.98. The lowest BCUT2D eigenvalue weighted by atomic mass is 9.67. The fourth-order valence-electron chi connectivity index (χ4n) is 13.0. The summed E-state index contributed by atoms with van der Waals surface area (Å²) in [5.41, 5.74) is 19.3. The van der Waals surface area contributed by atoms with Crippen LogP contribution in [0.15, 0.2) is 267 Å². The van der Waals surface area contributed by atoms with Crippen LogP contribution in [0.2, 0.25) is 0 Å². The molecule has 0 atom stereocenters. The third-order valence-corrected chi connectivity index (χ3v) is 15.7. The molecule has 11 aromatic carbocycles. The Balaban J connectivity index is 1.01. The third kappa shape index (κ3) is 5.07. The zero-order chi connectivity index (χ0) is 47.7. The van der Waals surface area contributed by atoms with Crippen molar-refractivity contribution in [3.8, 4) is 33.6 Å². The lowest BCUT2D eigenvalue weighted by molar-refractivity contribution is 0.767. The Bertz CT molecular complexity index is 3980. The molecule has 2 heteroatoms. The van der Waals surface area contributed by atoms with Gasteiger partial charge in [-0.1, -0.05) is 218 Å². The molecule has 0 aliphatic heterocycles. The lowest BCUT2D eigenvalue weighted by Gasteiger charge is -2.34. The average molecular weight is 891 g/mol. The maximum absolute atomic E-state index is 9.69. The smallest absolute Gasteiger partial charge is 0.0714 e. The van der Waals surface area contributed by atoms with Gasteiger partial charge in [-0.25, -0.2) is 0 Å². The van der Waals surface area contributed by atoms with E-state index < -0.39 is 10.8 Å². The van der Waals surface area contributed by atoms with Gasteiger partial charge in [-0.3, -0.25) is 0 Å². The van der Waals surface area contributed by atoms with E-state index in [1.54, 1.807) is 0 Å². The molecular formula is C68H44N2. The van der Waals surface area contributed by atoms with Crippen LogP contribution in [0.25, 0.3) is 77.2 Å². The molecule has 326 valence electrons. The van der Waals surface area contributed by atoms with Gasteiger partial charge < -0.3 is 9.13 Å². The molecule has 13 aromatic rings. The number of fused-ring (bicyclic) bond motifs is 13. The molecule has 0 N–H and O–H groups in total. The van der Waals surface area contributed by atoms with Crippen molar-refractivity contribution in [2.45, 2.75) is 10.8 Å². The molecule has 2 heterocycles. The van der Waals surface area contributed by atoms with Gasteiger partial charge in [0.05, 0.1) is 35.6 Å². The molecular weight excluding hydrogens is 845 g/mol. The minimum Gasteiger partial charge on any atom is -0.309 e. The second-order valence-electron chi connectivity index (χ2n) is 18.9. The lowest BCUT2D eigenvalue weighted by Crippen LogP contribution is -2.28. The van der Waals surface area contributed by atoms with E-state index >= 15 is 0 Å². The highest BCUT2D eigenvalue weighted by Crippen LogP contribution is 2.58. The van der Waals surface area contributed by atoms with Gasteiger partial charge in [0.2, 0.25) is 0 Å². The predicted octanol–water partition coefficient (Wildman–Crippen LogP) is 16.6. The summed E-state index contributed by atoms with van der Waals surface area (Å²) >= 11 is 0. The molecule has 0 fully saturated rings. The first kappa shape index (κ1) is 37.1. The standard InChI is InChI=1S/C68H44N2/c1-5-21-45(22-6-1)67(46-23-7-2-8-24-46)57-33-17-13-29-51(57)53-39-37-49(43-59(53)67)69-61-35-19-15-31-55(61)65-63(69)41-42-64-66(65)56-32-16-20-36-62(56)70(64)50-38-40-54-52-30-14-18-34-58(52)68(60(54)44-50,47-25-9-3-10-26-47)48-27-11-4-12-28-48/h1-44H/i35D,36D. The van der Waals surface area contributed by atoms with Gasteiger partial charge in [0.15, 0.2) is 0 Å². The van der Waals surface area contributed by atoms with Crippen molar-refractivity contribution in [3.63, 3.8) is 0 Å². The van der Waals surface area contributed by atoms with Crippen LogP contribution < -0.4 is 0 Å². The number of para-hydroxylation sites is 2. The molecule has 2 aliphatic carbocycles. The second kappa shape index (κ2) is 14.8. The molecule has 0 spiro atoms. The summed E-state index contributed by atoms with van der Waals surface area (Å²) in [6.45, 7) is 0. The highest BCUT2D eigenvalue weighted by Gasteiger charge is 2.47. The van der Waals surface area contributed by atoms with Crippen molar-refractivity contribution in [3.05, 3.63) is 311 Å². The van der Waals surface area contributed by atoms with Crippen LogP contribution in [0.4, 0.5) is 0 Å². The Morgan fingerprint density at radius 1 is 0.271 bits per heavy atom. The topological polar surface area (TPSA) is 9.86 Å². The maximum atomic E-state index is 9.69. The summed E-state index contributed by atoms with van der Waals surface area (Å²) in [4.78, 5) is 0.